The van der Waals surface area contributed by atoms with Gasteiger partial charge in [0.2, 0.25) is 0 Å². The Morgan fingerprint density at radius 3 is 2.67 bits per heavy atom. The van der Waals surface area contributed by atoms with Crippen LogP contribution in [-0.2, 0) is 11.3 Å². The van der Waals surface area contributed by atoms with E-state index in [2.05, 4.69) is 20.3 Å². The molecule has 3 aromatic rings. The highest BCUT2D eigenvalue weighted by molar-refractivity contribution is 5.82. The lowest BCUT2D eigenvalue weighted by atomic mass is 10.1. The number of para-hydroxylation sites is 1. The first-order valence-corrected chi connectivity index (χ1v) is 9.32. The Kier molecular flexibility index (Phi) is 5.68. The molecular weight excluding hydrogens is 394 g/mol. The summed E-state index contributed by atoms with van der Waals surface area (Å²) >= 11 is 0. The number of ether oxygens (including phenoxy) is 3. The number of benzene rings is 1. The third kappa shape index (κ3) is 3.41. The number of fused-ring (bicyclic) bond motifs is 1. The molecule has 2 aromatic heterocycles. The van der Waals surface area contributed by atoms with Crippen molar-refractivity contribution < 1.29 is 29.5 Å². The van der Waals surface area contributed by atoms with Crippen LogP contribution < -0.4 is 14.8 Å². The largest absolute Gasteiger partial charge is 0.493 e. The molecule has 11 heteroatoms. The molecule has 0 amide bonds. The van der Waals surface area contributed by atoms with E-state index < -0.39 is 31.1 Å². The average molecular weight is 417 g/mol. The van der Waals surface area contributed by atoms with Crippen molar-refractivity contribution in [2.75, 3.05) is 26.1 Å². The second kappa shape index (κ2) is 8.40. The molecular formula is C19H23N5O6. The number of aliphatic hydroxyl groups excluding tert-OH is 3. The molecule has 4 atom stereocenters. The molecule has 3 heterocycles. The number of anilines is 1. The normalized spacial score (nSPS) is 23.6. The smallest absolute Gasteiger partial charge is 0.167 e. The van der Waals surface area contributed by atoms with Gasteiger partial charge in [-0.3, -0.25) is 4.57 Å². The topological polar surface area (TPSA) is 144 Å². The minimum atomic E-state index is -1.23. The second-order valence-electron chi connectivity index (χ2n) is 6.78. The number of aromatic nitrogens is 4. The van der Waals surface area contributed by atoms with Crippen LogP contribution in [0.25, 0.3) is 11.2 Å². The molecule has 4 rings (SSSR count). The molecule has 1 unspecified atom stereocenters. The first-order chi connectivity index (χ1) is 14.6. The van der Waals surface area contributed by atoms with Crippen LogP contribution in [0, 0.1) is 0 Å². The van der Waals surface area contributed by atoms with Gasteiger partial charge in [0.1, 0.15) is 24.6 Å². The molecule has 1 aliphatic heterocycles. The van der Waals surface area contributed by atoms with Gasteiger partial charge in [0.15, 0.2) is 34.7 Å². The molecule has 0 saturated carbocycles. The van der Waals surface area contributed by atoms with E-state index in [1.165, 1.54) is 17.2 Å². The van der Waals surface area contributed by atoms with Crippen LogP contribution in [0.5, 0.6) is 11.5 Å². The minimum absolute atomic E-state index is 0.396. The summed E-state index contributed by atoms with van der Waals surface area (Å²) in [6.45, 7) is -0.0152. The van der Waals surface area contributed by atoms with E-state index in [4.69, 9.17) is 14.2 Å². The molecule has 11 nitrogen and oxygen atoms in total. The predicted molar refractivity (Wildman–Crippen MR) is 105 cm³/mol. The fourth-order valence-corrected chi connectivity index (χ4v) is 3.55. The quantitative estimate of drug-likeness (QED) is 0.417. The molecule has 4 N–H and O–H groups in total. The second-order valence-corrected chi connectivity index (χ2v) is 6.78. The van der Waals surface area contributed by atoms with Crippen molar-refractivity contribution in [1.29, 1.82) is 0 Å². The average Bonchev–Trinajstić information content (AvgIpc) is 3.33. The van der Waals surface area contributed by atoms with Crippen LogP contribution in [0.4, 0.5) is 5.82 Å². The number of hydrogen-bond acceptors (Lipinski definition) is 10. The highest BCUT2D eigenvalue weighted by atomic mass is 16.6. The zero-order chi connectivity index (χ0) is 21.3. The van der Waals surface area contributed by atoms with Gasteiger partial charge in [-0.15, -0.1) is 0 Å². The van der Waals surface area contributed by atoms with Crippen LogP contribution in [0.15, 0.2) is 30.9 Å². The Balaban J connectivity index is 1.61. The van der Waals surface area contributed by atoms with E-state index >= 15 is 0 Å². The first-order valence-electron chi connectivity index (χ1n) is 9.32. The lowest BCUT2D eigenvalue weighted by molar-refractivity contribution is -0.0511. The standard InChI is InChI=1S/C19H23N5O6/c1-28-11-5-3-4-10(16(11)29-2)6-20-17-13-18(22-8-21-17)24(9-23-13)19-15(27)14(26)12(7-25)30-19/h3-5,8-9,12,14-15,19,25-27H,6-7H2,1-2H3,(H,20,21,22)/t12-,14-,15-,19?/m1/s1. The summed E-state index contributed by atoms with van der Waals surface area (Å²) < 4.78 is 17.9. The summed E-state index contributed by atoms with van der Waals surface area (Å²) in [5.74, 6) is 1.73. The van der Waals surface area contributed by atoms with Crippen molar-refractivity contribution in [3.63, 3.8) is 0 Å². The zero-order valence-corrected chi connectivity index (χ0v) is 16.5. The predicted octanol–water partition coefficient (Wildman–Crippen LogP) is 0.0671. The Hall–Kier alpha value is -2.99. The zero-order valence-electron chi connectivity index (χ0n) is 16.5. The van der Waals surface area contributed by atoms with Crippen LogP contribution in [0.3, 0.4) is 0 Å². The monoisotopic (exact) mass is 417 g/mol. The number of methoxy groups -OCH3 is 2. The molecule has 0 radical (unpaired) electrons. The Labute approximate surface area is 171 Å². The maximum Gasteiger partial charge on any atom is 0.167 e. The number of hydrogen-bond donors (Lipinski definition) is 4. The van der Waals surface area contributed by atoms with Gasteiger partial charge < -0.3 is 34.8 Å². The fraction of sp³-hybridized carbons (Fsp3) is 0.421. The summed E-state index contributed by atoms with van der Waals surface area (Å²) in [5.41, 5.74) is 1.75. The van der Waals surface area contributed by atoms with Gasteiger partial charge in [-0.25, -0.2) is 15.0 Å². The van der Waals surface area contributed by atoms with Gasteiger partial charge in [-0.2, -0.15) is 0 Å². The minimum Gasteiger partial charge on any atom is -0.493 e. The van der Waals surface area contributed by atoms with Crippen molar-refractivity contribution in [3.05, 3.63) is 36.4 Å². The van der Waals surface area contributed by atoms with Crippen LogP contribution in [0.2, 0.25) is 0 Å². The fourth-order valence-electron chi connectivity index (χ4n) is 3.55. The molecule has 30 heavy (non-hydrogen) atoms. The molecule has 160 valence electrons. The van der Waals surface area contributed by atoms with Crippen molar-refractivity contribution in [3.8, 4) is 11.5 Å². The highest BCUT2D eigenvalue weighted by Gasteiger charge is 2.44. The van der Waals surface area contributed by atoms with Crippen LogP contribution in [0.1, 0.15) is 11.8 Å². The maximum absolute atomic E-state index is 10.3. The molecule has 1 aliphatic rings. The van der Waals surface area contributed by atoms with Crippen molar-refractivity contribution in [2.24, 2.45) is 0 Å². The third-order valence-corrected chi connectivity index (χ3v) is 5.08. The highest BCUT2D eigenvalue weighted by Crippen LogP contribution is 2.33. The van der Waals surface area contributed by atoms with Crippen molar-refractivity contribution in [2.45, 2.75) is 31.1 Å². The summed E-state index contributed by atoms with van der Waals surface area (Å²) in [6, 6.07) is 5.59. The van der Waals surface area contributed by atoms with Crippen LogP contribution >= 0.6 is 0 Å². The van der Waals surface area contributed by atoms with Gasteiger partial charge in [-0.1, -0.05) is 12.1 Å². The molecule has 1 fully saturated rings. The summed E-state index contributed by atoms with van der Waals surface area (Å²) in [4.78, 5) is 12.9. The maximum atomic E-state index is 10.3. The molecule has 1 saturated heterocycles. The van der Waals surface area contributed by atoms with E-state index in [1.54, 1.807) is 14.2 Å². The van der Waals surface area contributed by atoms with Gasteiger partial charge >= 0.3 is 0 Å². The van der Waals surface area contributed by atoms with E-state index in [1.807, 2.05) is 18.2 Å². The molecule has 0 spiro atoms. The Morgan fingerprint density at radius 2 is 1.97 bits per heavy atom. The van der Waals surface area contributed by atoms with E-state index in [0.717, 1.165) is 5.56 Å². The summed E-state index contributed by atoms with van der Waals surface area (Å²) in [6.07, 6.45) is -1.43. The molecule has 0 aliphatic carbocycles. The van der Waals surface area contributed by atoms with Gasteiger partial charge in [0.25, 0.3) is 0 Å². The molecule has 0 bridgehead atoms. The molecule has 1 aromatic carbocycles. The van der Waals surface area contributed by atoms with Crippen molar-refractivity contribution in [1.82, 2.24) is 19.5 Å². The van der Waals surface area contributed by atoms with Gasteiger partial charge in [-0.05, 0) is 6.07 Å². The van der Waals surface area contributed by atoms with Gasteiger partial charge in [0.05, 0.1) is 27.2 Å². The Morgan fingerprint density at radius 1 is 1.13 bits per heavy atom. The SMILES string of the molecule is COc1cccc(CNc2ncnc3c2ncn3C2O[C@H](CO)[C@@H](O)[C@H]2O)c1OC. The lowest BCUT2D eigenvalue weighted by Crippen LogP contribution is -2.33. The van der Waals surface area contributed by atoms with Crippen LogP contribution in [-0.4, -0.2) is 74.0 Å². The van der Waals surface area contributed by atoms with Gasteiger partial charge in [0, 0.05) is 12.1 Å². The van der Waals surface area contributed by atoms with E-state index in [0.29, 0.717) is 35.0 Å². The van der Waals surface area contributed by atoms with Crippen molar-refractivity contribution >= 4 is 17.0 Å². The number of rotatable bonds is 7. The number of nitrogens with one attached hydrogen (secondary N) is 1. The van der Waals surface area contributed by atoms with E-state index in [-0.39, 0.29) is 0 Å². The summed E-state index contributed by atoms with van der Waals surface area (Å²) in [7, 11) is 3.15. The number of aliphatic hydroxyl groups is 3. The number of imidazole rings is 1. The third-order valence-electron chi connectivity index (χ3n) is 5.08. The van der Waals surface area contributed by atoms with E-state index in [9.17, 15) is 15.3 Å². The Bertz CT molecular complexity index is 1030. The summed E-state index contributed by atoms with van der Waals surface area (Å²) in [5, 5.41) is 32.8. The lowest BCUT2D eigenvalue weighted by Gasteiger charge is -2.16. The number of nitrogens with zero attached hydrogens (tertiary/aromatic N) is 4. The first kappa shape index (κ1) is 20.3.